The van der Waals surface area contributed by atoms with Crippen LogP contribution in [0.1, 0.15) is 51.4 Å². The highest BCUT2D eigenvalue weighted by atomic mass is 32.2. The molecule has 0 bridgehead atoms. The molecule has 0 unspecified atom stereocenters. The lowest BCUT2D eigenvalue weighted by molar-refractivity contribution is -0.127. The summed E-state index contributed by atoms with van der Waals surface area (Å²) in [4.78, 5) is 23.7. The smallest absolute Gasteiger partial charge is 0.242 e. The first-order chi connectivity index (χ1) is 10.1. The molecule has 2 fully saturated rings. The molecule has 21 heavy (non-hydrogen) atoms. The van der Waals surface area contributed by atoms with E-state index in [2.05, 4.69) is 10.6 Å². The third kappa shape index (κ3) is 5.77. The molecular formula is C15H26N2O3S. The first kappa shape index (κ1) is 16.5. The second kappa shape index (κ2) is 8.51. The third-order valence-corrected chi connectivity index (χ3v) is 5.74. The van der Waals surface area contributed by atoms with Crippen molar-refractivity contribution in [1.82, 2.24) is 10.6 Å². The van der Waals surface area contributed by atoms with Crippen molar-refractivity contribution in [3.05, 3.63) is 0 Å². The number of rotatable bonds is 5. The minimum Gasteiger partial charge on any atom is -0.354 e. The van der Waals surface area contributed by atoms with Crippen LogP contribution in [0.3, 0.4) is 0 Å². The lowest BCUT2D eigenvalue weighted by Gasteiger charge is -2.21. The van der Waals surface area contributed by atoms with Gasteiger partial charge in [-0.3, -0.25) is 13.8 Å². The molecular weight excluding hydrogens is 288 g/mol. The highest BCUT2D eigenvalue weighted by molar-refractivity contribution is 7.85. The van der Waals surface area contributed by atoms with Gasteiger partial charge in [0.2, 0.25) is 11.8 Å². The number of amides is 2. The van der Waals surface area contributed by atoms with Gasteiger partial charge >= 0.3 is 0 Å². The molecule has 1 saturated heterocycles. The molecule has 0 aromatic heterocycles. The molecule has 1 heterocycles. The molecule has 0 aromatic carbocycles. The van der Waals surface area contributed by atoms with Gasteiger partial charge in [0.15, 0.2) is 0 Å². The summed E-state index contributed by atoms with van der Waals surface area (Å²) >= 11 is 0. The molecule has 1 aliphatic heterocycles. The summed E-state index contributed by atoms with van der Waals surface area (Å²) < 4.78 is 12.1. The summed E-state index contributed by atoms with van der Waals surface area (Å²) in [7, 11) is -1.11. The Morgan fingerprint density at radius 3 is 2.62 bits per heavy atom. The predicted molar refractivity (Wildman–Crippen MR) is 83.2 cm³/mol. The van der Waals surface area contributed by atoms with Crippen molar-refractivity contribution in [2.24, 2.45) is 5.92 Å². The Morgan fingerprint density at radius 2 is 1.86 bits per heavy atom. The highest BCUT2D eigenvalue weighted by Crippen LogP contribution is 2.24. The molecule has 6 heteroatoms. The molecule has 5 nitrogen and oxygen atoms in total. The molecule has 0 radical (unpaired) electrons. The predicted octanol–water partition coefficient (Wildman–Crippen LogP) is 1.10. The molecule has 2 aliphatic rings. The molecule has 2 rings (SSSR count). The topological polar surface area (TPSA) is 75.3 Å². The maximum atomic E-state index is 12.1. The normalized spacial score (nSPS) is 25.7. The van der Waals surface area contributed by atoms with Gasteiger partial charge in [-0.1, -0.05) is 19.3 Å². The van der Waals surface area contributed by atoms with Crippen LogP contribution in [-0.2, 0) is 20.4 Å². The molecule has 2 N–H and O–H groups in total. The van der Waals surface area contributed by atoms with Gasteiger partial charge in [-0.05, 0) is 38.0 Å². The van der Waals surface area contributed by atoms with Crippen LogP contribution in [0, 0.1) is 5.92 Å². The minimum atomic E-state index is -1.11. The highest BCUT2D eigenvalue weighted by Gasteiger charge is 2.24. The molecule has 1 aliphatic carbocycles. The van der Waals surface area contributed by atoms with E-state index >= 15 is 0 Å². The van der Waals surface area contributed by atoms with Crippen LogP contribution in [0.4, 0.5) is 0 Å². The van der Waals surface area contributed by atoms with Crippen molar-refractivity contribution in [3.8, 4) is 0 Å². The fourth-order valence-corrected chi connectivity index (χ4v) is 4.49. The van der Waals surface area contributed by atoms with E-state index in [0.717, 1.165) is 25.7 Å². The average molecular weight is 314 g/mol. The number of carbonyl (C=O) groups is 2. The van der Waals surface area contributed by atoms with Gasteiger partial charge in [-0.15, -0.1) is 0 Å². The van der Waals surface area contributed by atoms with Gasteiger partial charge < -0.3 is 10.6 Å². The summed E-state index contributed by atoms with van der Waals surface area (Å²) in [5, 5.41) is 5.52. The summed E-state index contributed by atoms with van der Waals surface area (Å²) in [6.45, 7) is 0.679. The zero-order valence-electron chi connectivity index (χ0n) is 12.6. The van der Waals surface area contributed by atoms with Crippen LogP contribution in [0.5, 0.6) is 0 Å². The molecule has 120 valence electrons. The zero-order chi connectivity index (χ0) is 15.1. The van der Waals surface area contributed by atoms with E-state index in [9.17, 15) is 13.8 Å². The number of nitrogens with one attached hydrogen (secondary N) is 2. The summed E-state index contributed by atoms with van der Waals surface area (Å²) in [6.07, 6.45) is 8.54. The maximum Gasteiger partial charge on any atom is 0.242 e. The average Bonchev–Trinajstić information content (AvgIpc) is 2.65. The van der Waals surface area contributed by atoms with Crippen molar-refractivity contribution in [2.45, 2.75) is 57.4 Å². The van der Waals surface area contributed by atoms with E-state index in [0.29, 0.717) is 24.6 Å². The van der Waals surface area contributed by atoms with Crippen LogP contribution < -0.4 is 10.6 Å². The molecule has 2 atom stereocenters. The molecule has 2 amide bonds. The fourth-order valence-electron chi connectivity index (χ4n) is 3.13. The summed E-state index contributed by atoms with van der Waals surface area (Å²) in [5.41, 5.74) is 0. The summed E-state index contributed by atoms with van der Waals surface area (Å²) in [5.74, 6) is 0.795. The Kier molecular flexibility index (Phi) is 6.67. The van der Waals surface area contributed by atoms with E-state index in [-0.39, 0.29) is 17.6 Å². The molecule has 0 aromatic rings. The Bertz CT molecular complexity index is 394. The van der Waals surface area contributed by atoms with E-state index in [1.165, 1.54) is 19.3 Å². The summed E-state index contributed by atoms with van der Waals surface area (Å²) in [6, 6.07) is -0.452. The first-order valence-corrected chi connectivity index (χ1v) is 9.56. The first-order valence-electron chi connectivity index (χ1n) is 8.07. The second-order valence-corrected chi connectivity index (χ2v) is 7.66. The van der Waals surface area contributed by atoms with Gasteiger partial charge in [0.1, 0.15) is 11.8 Å². The fraction of sp³-hybridized carbons (Fsp3) is 0.867. The minimum absolute atomic E-state index is 0.0281. The van der Waals surface area contributed by atoms with E-state index < -0.39 is 16.8 Å². The van der Waals surface area contributed by atoms with Gasteiger partial charge in [-0.25, -0.2) is 0 Å². The van der Waals surface area contributed by atoms with E-state index in [1.807, 2.05) is 0 Å². The van der Waals surface area contributed by atoms with Gasteiger partial charge in [-0.2, -0.15) is 0 Å². The third-order valence-electron chi connectivity index (χ3n) is 4.31. The Morgan fingerprint density at radius 1 is 1.14 bits per heavy atom. The van der Waals surface area contributed by atoms with E-state index in [4.69, 9.17) is 0 Å². The van der Waals surface area contributed by atoms with Crippen LogP contribution in [0.15, 0.2) is 0 Å². The van der Waals surface area contributed by atoms with Crippen molar-refractivity contribution >= 4 is 22.6 Å². The Labute approximate surface area is 129 Å². The lowest BCUT2D eigenvalue weighted by atomic mass is 9.91. The zero-order valence-corrected chi connectivity index (χ0v) is 13.4. The SMILES string of the molecule is O=C(C[S@@](=O)CC1CCCCC1)N[C@H]1CCCCNC1=O. The quantitative estimate of drug-likeness (QED) is 0.798. The van der Waals surface area contributed by atoms with Gasteiger partial charge in [0.25, 0.3) is 0 Å². The monoisotopic (exact) mass is 314 g/mol. The van der Waals surface area contributed by atoms with Crippen molar-refractivity contribution in [1.29, 1.82) is 0 Å². The van der Waals surface area contributed by atoms with Crippen molar-refractivity contribution in [3.63, 3.8) is 0 Å². The van der Waals surface area contributed by atoms with E-state index in [1.54, 1.807) is 0 Å². The van der Waals surface area contributed by atoms with Crippen LogP contribution in [0.25, 0.3) is 0 Å². The number of hydrogen-bond acceptors (Lipinski definition) is 3. The van der Waals surface area contributed by atoms with Crippen LogP contribution >= 0.6 is 0 Å². The molecule has 0 spiro atoms. The second-order valence-electron chi connectivity index (χ2n) is 6.16. The number of carbonyl (C=O) groups excluding carboxylic acids is 2. The molecule has 1 saturated carbocycles. The lowest BCUT2D eigenvalue weighted by Crippen LogP contribution is -2.46. The number of hydrogen-bond donors (Lipinski definition) is 2. The van der Waals surface area contributed by atoms with Crippen LogP contribution in [-0.4, -0.2) is 40.1 Å². The van der Waals surface area contributed by atoms with Crippen molar-refractivity contribution in [2.75, 3.05) is 18.1 Å². The Balaban J connectivity index is 1.72. The van der Waals surface area contributed by atoms with Crippen LogP contribution in [0.2, 0.25) is 0 Å². The largest absolute Gasteiger partial charge is 0.354 e. The van der Waals surface area contributed by atoms with Crippen molar-refractivity contribution < 1.29 is 13.8 Å². The maximum absolute atomic E-state index is 12.1. The van der Waals surface area contributed by atoms with Gasteiger partial charge in [0, 0.05) is 23.1 Å². The van der Waals surface area contributed by atoms with Gasteiger partial charge in [0.05, 0.1) is 0 Å². The standard InChI is InChI=1S/C15H26N2O3S/c18-14(17-13-8-4-5-9-16-15(13)19)11-21(20)10-12-6-2-1-3-7-12/h12-13H,1-11H2,(H,16,19)(H,17,18)/t13-,21-/m0/s1. The Hall–Kier alpha value is -0.910.